The zero-order chi connectivity index (χ0) is 22.6. The van der Waals surface area contributed by atoms with E-state index in [1.807, 2.05) is 18.2 Å². The summed E-state index contributed by atoms with van der Waals surface area (Å²) in [7, 11) is 0. The molecule has 1 aromatic rings. The molecule has 6 nitrogen and oxygen atoms in total. The van der Waals surface area contributed by atoms with Crippen LogP contribution in [0.3, 0.4) is 0 Å². The molecule has 0 radical (unpaired) electrons. The van der Waals surface area contributed by atoms with Gasteiger partial charge in [-0.05, 0) is 64.5 Å². The van der Waals surface area contributed by atoms with Crippen LogP contribution in [-0.2, 0) is 32.3 Å². The van der Waals surface area contributed by atoms with Crippen molar-refractivity contribution in [2.45, 2.75) is 79.4 Å². The lowest BCUT2D eigenvalue weighted by molar-refractivity contribution is -0.148. The van der Waals surface area contributed by atoms with Crippen LogP contribution in [0.1, 0.15) is 77.3 Å². The van der Waals surface area contributed by atoms with E-state index in [9.17, 15) is 9.59 Å². The van der Waals surface area contributed by atoms with Gasteiger partial charge in [0.1, 0.15) is 0 Å². The molecule has 30 heavy (non-hydrogen) atoms. The van der Waals surface area contributed by atoms with Gasteiger partial charge in [0.25, 0.3) is 0 Å². The molecule has 0 fully saturated rings. The number of hydrogen-bond donors (Lipinski definition) is 2. The Labute approximate surface area is 180 Å². The Morgan fingerprint density at radius 3 is 1.53 bits per heavy atom. The number of carboxylic acids is 2. The van der Waals surface area contributed by atoms with Crippen LogP contribution in [0.5, 0.6) is 0 Å². The molecule has 0 saturated heterocycles. The molecule has 0 aliphatic carbocycles. The van der Waals surface area contributed by atoms with Crippen LogP contribution in [0, 0.1) is 10.8 Å². The molecular formula is C24H38O6. The predicted molar refractivity (Wildman–Crippen MR) is 116 cm³/mol. The lowest BCUT2D eigenvalue weighted by Crippen LogP contribution is -2.23. The highest BCUT2D eigenvalue weighted by Gasteiger charge is 2.26. The van der Waals surface area contributed by atoms with Crippen molar-refractivity contribution in [2.24, 2.45) is 10.8 Å². The first-order valence-corrected chi connectivity index (χ1v) is 10.7. The van der Waals surface area contributed by atoms with Crippen LogP contribution in [-0.4, -0.2) is 35.4 Å². The molecule has 1 rings (SSSR count). The summed E-state index contributed by atoms with van der Waals surface area (Å²) in [5.74, 6) is -1.52. The third-order valence-corrected chi connectivity index (χ3v) is 5.37. The molecule has 0 heterocycles. The van der Waals surface area contributed by atoms with Gasteiger partial charge < -0.3 is 19.7 Å². The van der Waals surface area contributed by atoms with Gasteiger partial charge in [-0.1, -0.05) is 37.1 Å². The summed E-state index contributed by atoms with van der Waals surface area (Å²) in [6, 6.07) is 8.10. The molecule has 0 aliphatic heterocycles. The monoisotopic (exact) mass is 422 g/mol. The fourth-order valence-corrected chi connectivity index (χ4v) is 2.95. The van der Waals surface area contributed by atoms with E-state index in [4.69, 9.17) is 19.7 Å². The van der Waals surface area contributed by atoms with Gasteiger partial charge in [0.05, 0.1) is 24.0 Å². The third-order valence-electron chi connectivity index (χ3n) is 5.37. The lowest BCUT2D eigenvalue weighted by Gasteiger charge is -2.18. The van der Waals surface area contributed by atoms with Gasteiger partial charge in [-0.15, -0.1) is 0 Å². The van der Waals surface area contributed by atoms with Crippen molar-refractivity contribution in [1.82, 2.24) is 0 Å². The van der Waals surface area contributed by atoms with E-state index >= 15 is 0 Å². The normalized spacial score (nSPS) is 12.1. The van der Waals surface area contributed by atoms with Gasteiger partial charge >= 0.3 is 11.9 Å². The summed E-state index contributed by atoms with van der Waals surface area (Å²) in [5, 5.41) is 18.2. The van der Waals surface area contributed by atoms with Crippen molar-refractivity contribution in [3.8, 4) is 0 Å². The lowest BCUT2D eigenvalue weighted by atomic mass is 9.87. The first-order chi connectivity index (χ1) is 14.0. The Morgan fingerprint density at radius 1 is 0.767 bits per heavy atom. The molecule has 0 aliphatic rings. The van der Waals surface area contributed by atoms with Crippen molar-refractivity contribution in [3.05, 3.63) is 35.4 Å². The summed E-state index contributed by atoms with van der Waals surface area (Å²) >= 11 is 0. The average molecular weight is 423 g/mol. The maximum absolute atomic E-state index is 11.1. The minimum Gasteiger partial charge on any atom is -0.481 e. The molecule has 0 aromatic heterocycles. The molecule has 6 heteroatoms. The molecule has 1 aromatic carbocycles. The second kappa shape index (κ2) is 12.7. The second-order valence-corrected chi connectivity index (χ2v) is 9.22. The summed E-state index contributed by atoms with van der Waals surface area (Å²) in [6.07, 6.45) is 4.64. The highest BCUT2D eigenvalue weighted by Crippen LogP contribution is 2.24. The molecular weight excluding hydrogens is 384 g/mol. The van der Waals surface area contributed by atoms with Crippen LogP contribution in [0.25, 0.3) is 0 Å². The van der Waals surface area contributed by atoms with E-state index in [2.05, 4.69) is 6.07 Å². The number of carbonyl (C=O) groups is 2. The molecule has 0 saturated carbocycles. The fraction of sp³-hybridized carbons (Fsp3) is 0.667. The highest BCUT2D eigenvalue weighted by atomic mass is 16.5. The van der Waals surface area contributed by atoms with Crippen molar-refractivity contribution < 1.29 is 29.3 Å². The molecule has 0 bridgehead atoms. The number of rotatable bonds is 16. The second-order valence-electron chi connectivity index (χ2n) is 9.22. The fourth-order valence-electron chi connectivity index (χ4n) is 2.95. The summed E-state index contributed by atoms with van der Waals surface area (Å²) < 4.78 is 11.4. The SMILES string of the molecule is CC(C)(CCCCOCc1cccc(COCCCCC(C)(C)C(=O)O)c1)C(=O)O. The van der Waals surface area contributed by atoms with Crippen LogP contribution in [0.15, 0.2) is 24.3 Å². The van der Waals surface area contributed by atoms with Gasteiger partial charge in [-0.2, -0.15) is 0 Å². The number of ether oxygens (including phenoxy) is 2. The molecule has 0 atom stereocenters. The minimum absolute atomic E-state index is 0.528. The van der Waals surface area contributed by atoms with Crippen molar-refractivity contribution in [3.63, 3.8) is 0 Å². The molecule has 0 unspecified atom stereocenters. The van der Waals surface area contributed by atoms with E-state index in [1.54, 1.807) is 27.7 Å². The van der Waals surface area contributed by atoms with Crippen LogP contribution >= 0.6 is 0 Å². The number of unbranched alkanes of at least 4 members (excludes halogenated alkanes) is 2. The van der Waals surface area contributed by atoms with Gasteiger partial charge in [0.15, 0.2) is 0 Å². The summed E-state index contributed by atoms with van der Waals surface area (Å²) in [4.78, 5) is 22.2. The highest BCUT2D eigenvalue weighted by molar-refractivity contribution is 5.73. The van der Waals surface area contributed by atoms with E-state index in [-0.39, 0.29) is 0 Å². The molecule has 2 N–H and O–H groups in total. The topological polar surface area (TPSA) is 93.1 Å². The quantitative estimate of drug-likeness (QED) is 0.352. The maximum Gasteiger partial charge on any atom is 0.309 e. The third kappa shape index (κ3) is 10.2. The van der Waals surface area contributed by atoms with Crippen LogP contribution in [0.4, 0.5) is 0 Å². The first kappa shape index (κ1) is 26.1. The number of benzene rings is 1. The Hall–Kier alpha value is -1.92. The molecule has 170 valence electrons. The zero-order valence-electron chi connectivity index (χ0n) is 18.9. The van der Waals surface area contributed by atoms with Gasteiger partial charge in [0, 0.05) is 13.2 Å². The van der Waals surface area contributed by atoms with E-state index < -0.39 is 22.8 Å². The maximum atomic E-state index is 11.1. The predicted octanol–water partition coefficient (Wildman–Crippen LogP) is 5.28. The average Bonchev–Trinajstić information content (AvgIpc) is 2.67. The summed E-state index contributed by atoms with van der Waals surface area (Å²) in [5.41, 5.74) is 0.817. The Kier molecular flexibility index (Phi) is 11.1. The Morgan fingerprint density at radius 2 is 1.17 bits per heavy atom. The minimum atomic E-state index is -0.758. The van der Waals surface area contributed by atoms with Gasteiger partial charge in [-0.3, -0.25) is 9.59 Å². The summed E-state index contributed by atoms with van der Waals surface area (Å²) in [6.45, 7) is 9.29. The number of aliphatic carboxylic acids is 2. The zero-order valence-corrected chi connectivity index (χ0v) is 18.9. The van der Waals surface area contributed by atoms with Crippen LogP contribution in [0.2, 0.25) is 0 Å². The molecule has 0 amide bonds. The Bertz CT molecular complexity index is 612. The van der Waals surface area contributed by atoms with E-state index in [0.29, 0.717) is 39.3 Å². The first-order valence-electron chi connectivity index (χ1n) is 10.7. The molecule has 0 spiro atoms. The van der Waals surface area contributed by atoms with Crippen molar-refractivity contribution in [1.29, 1.82) is 0 Å². The largest absolute Gasteiger partial charge is 0.481 e. The number of hydrogen-bond acceptors (Lipinski definition) is 4. The van der Waals surface area contributed by atoms with Crippen molar-refractivity contribution >= 4 is 11.9 Å². The van der Waals surface area contributed by atoms with Crippen LogP contribution < -0.4 is 0 Å². The van der Waals surface area contributed by atoms with E-state index in [0.717, 1.165) is 36.8 Å². The van der Waals surface area contributed by atoms with Gasteiger partial charge in [-0.25, -0.2) is 0 Å². The van der Waals surface area contributed by atoms with E-state index in [1.165, 1.54) is 0 Å². The Balaban J connectivity index is 2.19. The number of carboxylic acid groups (broad SMARTS) is 2. The van der Waals surface area contributed by atoms with Crippen molar-refractivity contribution in [2.75, 3.05) is 13.2 Å². The van der Waals surface area contributed by atoms with Gasteiger partial charge in [0.2, 0.25) is 0 Å². The standard InChI is InChI=1S/C24H38O6/c1-23(2,21(25)26)12-5-7-14-29-17-19-10-9-11-20(16-19)18-30-15-8-6-13-24(3,4)22(27)28/h9-11,16H,5-8,12-15,17-18H2,1-4H3,(H,25,26)(H,27,28). The smallest absolute Gasteiger partial charge is 0.309 e.